The maximum Gasteiger partial charge on any atom is 0.180 e. The summed E-state index contributed by atoms with van der Waals surface area (Å²) in [6.07, 6.45) is 13.5. The molecule has 0 unspecified atom stereocenters. The molecular formula is C15H25N5. The summed E-state index contributed by atoms with van der Waals surface area (Å²) in [6, 6.07) is 0. The molecule has 0 fully saturated rings. The van der Waals surface area contributed by atoms with Gasteiger partial charge in [-0.3, -0.25) is 0 Å². The van der Waals surface area contributed by atoms with Crippen molar-refractivity contribution in [3.05, 3.63) is 18.6 Å². The summed E-state index contributed by atoms with van der Waals surface area (Å²) in [7, 11) is 1.88. The summed E-state index contributed by atoms with van der Waals surface area (Å²) in [5.41, 5.74) is 0.884. The number of fused-ring (bicyclic) bond motifs is 1. The highest BCUT2D eigenvalue weighted by Crippen LogP contribution is 2.16. The molecule has 0 saturated heterocycles. The molecule has 0 aliphatic heterocycles. The fourth-order valence-electron chi connectivity index (χ4n) is 2.28. The van der Waals surface area contributed by atoms with E-state index in [-0.39, 0.29) is 0 Å². The Morgan fingerprint density at radius 3 is 2.75 bits per heavy atom. The number of aromatic nitrogens is 3. The summed E-state index contributed by atoms with van der Waals surface area (Å²) in [6.45, 7) is 3.20. The first-order valence-electron chi connectivity index (χ1n) is 7.60. The first-order valence-corrected chi connectivity index (χ1v) is 7.60. The highest BCUT2D eigenvalue weighted by Gasteiger charge is 2.05. The average molecular weight is 275 g/mol. The number of nitrogens with zero attached hydrogens (tertiary/aromatic N) is 3. The Kier molecular flexibility index (Phi) is 5.65. The van der Waals surface area contributed by atoms with Crippen molar-refractivity contribution in [3.8, 4) is 0 Å². The molecule has 2 aromatic rings. The van der Waals surface area contributed by atoms with Gasteiger partial charge in [0.25, 0.3) is 0 Å². The molecule has 0 amide bonds. The summed E-state index contributed by atoms with van der Waals surface area (Å²) < 4.78 is 1.99. The quantitative estimate of drug-likeness (QED) is 0.687. The molecule has 0 aliphatic rings. The van der Waals surface area contributed by atoms with E-state index in [1.54, 1.807) is 6.20 Å². The summed E-state index contributed by atoms with van der Waals surface area (Å²) in [5.74, 6) is 1.70. The van der Waals surface area contributed by atoms with Crippen molar-refractivity contribution >= 4 is 17.3 Å². The molecule has 0 saturated carbocycles. The Hall–Kier alpha value is -1.78. The van der Waals surface area contributed by atoms with Gasteiger partial charge in [0.2, 0.25) is 0 Å². The average Bonchev–Trinajstić information content (AvgIpc) is 2.94. The minimum absolute atomic E-state index is 0.848. The molecule has 2 rings (SSSR count). The van der Waals surface area contributed by atoms with Crippen molar-refractivity contribution in [2.45, 2.75) is 45.4 Å². The van der Waals surface area contributed by atoms with E-state index < -0.39 is 0 Å². The second-order valence-corrected chi connectivity index (χ2v) is 5.08. The summed E-state index contributed by atoms with van der Waals surface area (Å²) >= 11 is 0. The first kappa shape index (κ1) is 14.6. The normalized spacial score (nSPS) is 10.9. The van der Waals surface area contributed by atoms with Crippen LogP contribution in [-0.4, -0.2) is 28.0 Å². The van der Waals surface area contributed by atoms with Crippen LogP contribution < -0.4 is 10.6 Å². The molecule has 0 aliphatic carbocycles. The molecular weight excluding hydrogens is 250 g/mol. The Morgan fingerprint density at radius 1 is 1.15 bits per heavy atom. The fourth-order valence-corrected chi connectivity index (χ4v) is 2.28. The van der Waals surface area contributed by atoms with Crippen LogP contribution in [0.2, 0.25) is 0 Å². The highest BCUT2D eigenvalue weighted by atomic mass is 15.1. The first-order chi connectivity index (χ1) is 9.85. The largest absolute Gasteiger partial charge is 0.372 e. The second kappa shape index (κ2) is 7.72. The molecule has 0 spiro atoms. The molecule has 110 valence electrons. The third kappa shape index (κ3) is 3.85. The smallest absolute Gasteiger partial charge is 0.180 e. The molecule has 0 aromatic carbocycles. The maximum atomic E-state index is 4.53. The monoisotopic (exact) mass is 275 g/mol. The Bertz CT molecular complexity index is 520. The second-order valence-electron chi connectivity index (χ2n) is 5.08. The lowest BCUT2D eigenvalue weighted by atomic mass is 10.1. The van der Waals surface area contributed by atoms with Crippen LogP contribution in [-0.2, 0) is 0 Å². The van der Waals surface area contributed by atoms with E-state index in [4.69, 9.17) is 0 Å². The van der Waals surface area contributed by atoms with Gasteiger partial charge < -0.3 is 15.0 Å². The van der Waals surface area contributed by atoms with Crippen LogP contribution in [0.1, 0.15) is 45.4 Å². The predicted molar refractivity (Wildman–Crippen MR) is 84.4 cm³/mol. The van der Waals surface area contributed by atoms with Gasteiger partial charge >= 0.3 is 0 Å². The number of hydrogen-bond acceptors (Lipinski definition) is 4. The third-order valence-electron chi connectivity index (χ3n) is 3.45. The molecule has 20 heavy (non-hydrogen) atoms. The number of imidazole rings is 1. The van der Waals surface area contributed by atoms with E-state index in [9.17, 15) is 0 Å². The minimum atomic E-state index is 0.848. The molecule has 0 atom stereocenters. The number of nitrogens with one attached hydrogen (secondary N) is 2. The summed E-state index contributed by atoms with van der Waals surface area (Å²) in [4.78, 5) is 8.88. The molecule has 0 radical (unpaired) electrons. The highest BCUT2D eigenvalue weighted by molar-refractivity contribution is 5.65. The van der Waals surface area contributed by atoms with E-state index in [2.05, 4.69) is 27.5 Å². The van der Waals surface area contributed by atoms with Crippen molar-refractivity contribution in [1.29, 1.82) is 0 Å². The van der Waals surface area contributed by atoms with Gasteiger partial charge in [-0.1, -0.05) is 39.0 Å². The van der Waals surface area contributed by atoms with Gasteiger partial charge in [0.1, 0.15) is 5.82 Å². The molecule has 0 bridgehead atoms. The Balaban J connectivity index is 1.84. The van der Waals surface area contributed by atoms with Crippen LogP contribution in [0.5, 0.6) is 0 Å². The van der Waals surface area contributed by atoms with Crippen molar-refractivity contribution in [2.75, 3.05) is 24.2 Å². The topological polar surface area (TPSA) is 54.2 Å². The minimum Gasteiger partial charge on any atom is -0.372 e. The van der Waals surface area contributed by atoms with E-state index >= 15 is 0 Å². The van der Waals surface area contributed by atoms with Crippen LogP contribution in [0.3, 0.4) is 0 Å². The maximum absolute atomic E-state index is 4.53. The van der Waals surface area contributed by atoms with Gasteiger partial charge in [-0.25, -0.2) is 9.97 Å². The van der Waals surface area contributed by atoms with Gasteiger partial charge in [-0.05, 0) is 6.42 Å². The van der Waals surface area contributed by atoms with Crippen molar-refractivity contribution in [2.24, 2.45) is 0 Å². The van der Waals surface area contributed by atoms with E-state index in [1.165, 1.54) is 38.5 Å². The fraction of sp³-hybridized carbons (Fsp3) is 0.600. The van der Waals surface area contributed by atoms with Gasteiger partial charge in [0, 0.05) is 26.0 Å². The zero-order valence-electron chi connectivity index (χ0n) is 12.5. The molecule has 2 heterocycles. The van der Waals surface area contributed by atoms with Crippen LogP contribution in [0.4, 0.5) is 11.6 Å². The molecule has 5 nitrogen and oxygen atoms in total. The van der Waals surface area contributed by atoms with Crippen LogP contribution >= 0.6 is 0 Å². The number of unbranched alkanes of at least 4 members (excludes halogenated alkanes) is 5. The van der Waals surface area contributed by atoms with Gasteiger partial charge in [0.05, 0.1) is 6.20 Å². The van der Waals surface area contributed by atoms with Gasteiger partial charge in [-0.2, -0.15) is 0 Å². The molecule has 5 heteroatoms. The SMILES string of the molecule is CCCCCCCCNc1nc(NC)cn2ccnc12. The Morgan fingerprint density at radius 2 is 1.95 bits per heavy atom. The van der Waals surface area contributed by atoms with Crippen molar-refractivity contribution < 1.29 is 0 Å². The molecule has 2 N–H and O–H groups in total. The van der Waals surface area contributed by atoms with E-state index in [0.29, 0.717) is 0 Å². The van der Waals surface area contributed by atoms with Crippen LogP contribution in [0.25, 0.3) is 5.65 Å². The van der Waals surface area contributed by atoms with Crippen molar-refractivity contribution in [3.63, 3.8) is 0 Å². The number of hydrogen-bond donors (Lipinski definition) is 2. The van der Waals surface area contributed by atoms with Gasteiger partial charge in [0.15, 0.2) is 11.5 Å². The zero-order chi connectivity index (χ0) is 14.2. The van der Waals surface area contributed by atoms with Crippen LogP contribution in [0.15, 0.2) is 18.6 Å². The Labute approximate surface area is 120 Å². The van der Waals surface area contributed by atoms with E-state index in [0.717, 1.165) is 23.8 Å². The lowest BCUT2D eigenvalue weighted by Gasteiger charge is -2.09. The predicted octanol–water partition coefficient (Wildman–Crippen LogP) is 3.54. The van der Waals surface area contributed by atoms with Crippen LogP contribution in [0, 0.1) is 0 Å². The summed E-state index contributed by atoms with van der Waals surface area (Å²) in [5, 5.41) is 6.48. The zero-order valence-corrected chi connectivity index (χ0v) is 12.5. The third-order valence-corrected chi connectivity index (χ3v) is 3.45. The lowest BCUT2D eigenvalue weighted by molar-refractivity contribution is 0.617. The standard InChI is InChI=1S/C15H25N5/c1-3-4-5-6-7-8-9-17-14-15-18-10-11-20(15)12-13(16-2)19-14/h10-12,16H,3-9H2,1-2H3,(H,17,19). The number of rotatable bonds is 9. The van der Waals surface area contributed by atoms with Crippen molar-refractivity contribution in [1.82, 2.24) is 14.4 Å². The van der Waals surface area contributed by atoms with E-state index in [1.807, 2.05) is 23.8 Å². The molecule has 2 aromatic heterocycles. The number of anilines is 2. The lowest BCUT2D eigenvalue weighted by Crippen LogP contribution is -2.07. The van der Waals surface area contributed by atoms with Gasteiger partial charge in [-0.15, -0.1) is 0 Å².